The number of benzene rings is 2. The van der Waals surface area contributed by atoms with Gasteiger partial charge in [0.05, 0.1) is 17.3 Å². The number of amides is 2. The number of carboxylic acids is 1. The van der Waals surface area contributed by atoms with Crippen LogP contribution in [-0.2, 0) is 20.7 Å². The van der Waals surface area contributed by atoms with Crippen LogP contribution in [0.4, 0.5) is 4.79 Å². The van der Waals surface area contributed by atoms with Gasteiger partial charge in [0.25, 0.3) is 5.91 Å². The van der Waals surface area contributed by atoms with E-state index < -0.39 is 30.6 Å². The van der Waals surface area contributed by atoms with E-state index in [9.17, 15) is 14.4 Å². The van der Waals surface area contributed by atoms with Crippen molar-refractivity contribution in [2.45, 2.75) is 19.4 Å². The molecule has 0 radical (unpaired) electrons. The van der Waals surface area contributed by atoms with Gasteiger partial charge in [-0.1, -0.05) is 18.2 Å². The maximum Gasteiger partial charge on any atom is 0.407 e. The molecular weight excluding hydrogens is 508 g/mol. The van der Waals surface area contributed by atoms with Gasteiger partial charge in [-0.15, -0.1) is 0 Å². The Balaban J connectivity index is 1.68. The maximum atomic E-state index is 12.8. The van der Waals surface area contributed by atoms with Gasteiger partial charge in [0.1, 0.15) is 11.8 Å². The molecule has 3 aromatic rings. The lowest BCUT2D eigenvalue weighted by atomic mass is 10.0. The summed E-state index contributed by atoms with van der Waals surface area (Å²) in [6.07, 6.45) is 2.74. The number of alkyl carbamates (subject to hydrolysis) is 1. The highest BCUT2D eigenvalue weighted by Gasteiger charge is 2.23. The van der Waals surface area contributed by atoms with Gasteiger partial charge in [0.2, 0.25) is 0 Å². The zero-order valence-corrected chi connectivity index (χ0v) is 19.8. The summed E-state index contributed by atoms with van der Waals surface area (Å²) in [6.45, 7) is 1.38. The average Bonchev–Trinajstić information content (AvgIpc) is 3.21. The number of fused-ring (bicyclic) bond motifs is 1. The topological polar surface area (TPSA) is 142 Å². The standard InChI is InChI=1S/C23H23BrN4O6/c1-2-33-23(32)27-19(10-15-12-25-18-6-4-3-5-16(15)18)22(31)28-26-11-14-7-8-20(17(24)9-14)34-13-21(29)30/h3-9,11-12,19,25H,2,10,13H2,1H3,(H,27,32)(H,28,31)(H,29,30)/b26-11-/t19-/m1/s1. The predicted octanol–water partition coefficient (Wildman–Crippen LogP) is 3.20. The Labute approximate surface area is 203 Å². The summed E-state index contributed by atoms with van der Waals surface area (Å²) in [5.41, 5.74) is 4.85. The number of nitrogens with zero attached hydrogens (tertiary/aromatic N) is 1. The van der Waals surface area contributed by atoms with Crippen molar-refractivity contribution in [1.82, 2.24) is 15.7 Å². The van der Waals surface area contributed by atoms with Crippen molar-refractivity contribution < 1.29 is 29.0 Å². The number of carbonyl (C=O) groups is 3. The summed E-state index contributed by atoms with van der Waals surface area (Å²) in [5, 5.41) is 16.2. The van der Waals surface area contributed by atoms with Crippen LogP contribution in [0.3, 0.4) is 0 Å². The van der Waals surface area contributed by atoms with Crippen LogP contribution in [-0.4, -0.2) is 53.5 Å². The molecule has 0 bridgehead atoms. The number of ether oxygens (including phenoxy) is 2. The third-order valence-electron chi connectivity index (χ3n) is 4.68. The highest BCUT2D eigenvalue weighted by Crippen LogP contribution is 2.25. The van der Waals surface area contributed by atoms with E-state index in [0.717, 1.165) is 16.5 Å². The van der Waals surface area contributed by atoms with Crippen LogP contribution in [0.25, 0.3) is 10.9 Å². The number of hydrogen-bond donors (Lipinski definition) is 4. The molecule has 3 rings (SSSR count). The summed E-state index contributed by atoms with van der Waals surface area (Å²) < 4.78 is 10.6. The molecule has 0 saturated heterocycles. The number of aliphatic carboxylic acids is 1. The molecular formula is C23H23BrN4O6. The van der Waals surface area contributed by atoms with Gasteiger partial charge in [-0.05, 0) is 58.2 Å². The van der Waals surface area contributed by atoms with Crippen molar-refractivity contribution in [3.63, 3.8) is 0 Å². The first-order valence-electron chi connectivity index (χ1n) is 10.3. The van der Waals surface area contributed by atoms with Crippen molar-refractivity contribution in [3.8, 4) is 5.75 Å². The second kappa shape index (κ2) is 11.8. The van der Waals surface area contributed by atoms with Crippen molar-refractivity contribution in [1.29, 1.82) is 0 Å². The molecule has 2 amide bonds. The van der Waals surface area contributed by atoms with Crippen LogP contribution in [0, 0.1) is 0 Å². The second-order valence-electron chi connectivity index (χ2n) is 7.09. The minimum atomic E-state index is -1.08. The molecule has 0 aliphatic rings. The summed E-state index contributed by atoms with van der Waals surface area (Å²) in [5.74, 6) is -1.24. The van der Waals surface area contributed by atoms with Crippen molar-refractivity contribution in [3.05, 3.63) is 64.3 Å². The number of hydrazone groups is 1. The number of carbonyl (C=O) groups excluding carboxylic acids is 2. The molecule has 34 heavy (non-hydrogen) atoms. The lowest BCUT2D eigenvalue weighted by molar-refractivity contribution is -0.139. The normalized spacial score (nSPS) is 11.8. The molecule has 0 saturated carbocycles. The fraction of sp³-hybridized carbons (Fsp3) is 0.217. The summed E-state index contributed by atoms with van der Waals surface area (Å²) in [7, 11) is 0. The summed E-state index contributed by atoms with van der Waals surface area (Å²) >= 11 is 3.30. The van der Waals surface area contributed by atoms with Crippen LogP contribution in [0.5, 0.6) is 5.75 Å². The number of halogens is 1. The first-order chi connectivity index (χ1) is 16.4. The average molecular weight is 531 g/mol. The largest absolute Gasteiger partial charge is 0.481 e. The van der Waals surface area contributed by atoms with Gasteiger partial charge in [-0.25, -0.2) is 15.0 Å². The molecule has 1 aromatic heterocycles. The fourth-order valence-electron chi connectivity index (χ4n) is 3.15. The molecule has 0 aliphatic heterocycles. The van der Waals surface area contributed by atoms with E-state index in [1.165, 1.54) is 6.21 Å². The van der Waals surface area contributed by atoms with Gasteiger partial charge < -0.3 is 24.9 Å². The van der Waals surface area contributed by atoms with Gasteiger partial charge in [0, 0.05) is 23.5 Å². The van der Waals surface area contributed by atoms with Crippen molar-refractivity contribution in [2.24, 2.45) is 5.10 Å². The number of carboxylic acid groups (broad SMARTS) is 1. The minimum absolute atomic E-state index is 0.173. The molecule has 178 valence electrons. The second-order valence-corrected chi connectivity index (χ2v) is 7.94. The molecule has 10 nitrogen and oxygen atoms in total. The number of H-pyrrole nitrogens is 1. The van der Waals surface area contributed by atoms with Crippen LogP contribution in [0.15, 0.2) is 58.2 Å². The van der Waals surface area contributed by atoms with Gasteiger partial charge in [0.15, 0.2) is 6.61 Å². The van der Waals surface area contributed by atoms with E-state index in [-0.39, 0.29) is 13.0 Å². The van der Waals surface area contributed by atoms with E-state index in [2.05, 4.69) is 36.8 Å². The molecule has 4 N–H and O–H groups in total. The van der Waals surface area contributed by atoms with E-state index in [4.69, 9.17) is 14.6 Å². The van der Waals surface area contributed by atoms with Crippen molar-refractivity contribution in [2.75, 3.05) is 13.2 Å². The number of nitrogens with one attached hydrogen (secondary N) is 3. The van der Waals surface area contributed by atoms with Crippen LogP contribution in [0.2, 0.25) is 0 Å². The number of para-hydroxylation sites is 1. The van der Waals surface area contributed by atoms with Gasteiger partial charge >= 0.3 is 12.1 Å². The molecule has 1 heterocycles. The van der Waals surface area contributed by atoms with E-state index >= 15 is 0 Å². The van der Waals surface area contributed by atoms with E-state index in [0.29, 0.717) is 15.8 Å². The smallest absolute Gasteiger partial charge is 0.407 e. The highest BCUT2D eigenvalue weighted by atomic mass is 79.9. The third-order valence-corrected chi connectivity index (χ3v) is 5.30. The Morgan fingerprint density at radius 1 is 1.24 bits per heavy atom. The Hall–Kier alpha value is -3.86. The Morgan fingerprint density at radius 3 is 2.76 bits per heavy atom. The van der Waals surface area contributed by atoms with E-state index in [1.54, 1.807) is 31.3 Å². The Kier molecular flexibility index (Phi) is 8.63. The molecule has 0 fully saturated rings. The quantitative estimate of drug-likeness (QED) is 0.234. The third kappa shape index (κ3) is 6.82. The van der Waals surface area contributed by atoms with E-state index in [1.807, 2.05) is 24.3 Å². The number of hydrogen-bond acceptors (Lipinski definition) is 6. The molecule has 0 spiro atoms. The number of aromatic nitrogens is 1. The van der Waals surface area contributed by atoms with Crippen LogP contribution >= 0.6 is 15.9 Å². The Morgan fingerprint density at radius 2 is 2.03 bits per heavy atom. The van der Waals surface area contributed by atoms with Crippen LogP contribution in [0.1, 0.15) is 18.1 Å². The van der Waals surface area contributed by atoms with Gasteiger partial charge in [-0.3, -0.25) is 4.79 Å². The predicted molar refractivity (Wildman–Crippen MR) is 129 cm³/mol. The SMILES string of the molecule is CCOC(=O)N[C@H](Cc1c[nH]c2ccccc12)C(=O)N/N=C\c1ccc(OCC(=O)O)c(Br)c1. The lowest BCUT2D eigenvalue weighted by Crippen LogP contribution is -2.47. The zero-order chi connectivity index (χ0) is 24.5. The zero-order valence-electron chi connectivity index (χ0n) is 18.2. The monoisotopic (exact) mass is 530 g/mol. The first kappa shape index (κ1) is 24.8. The summed E-state index contributed by atoms with van der Waals surface area (Å²) in [4.78, 5) is 38.6. The minimum Gasteiger partial charge on any atom is -0.481 e. The number of rotatable bonds is 10. The highest BCUT2D eigenvalue weighted by molar-refractivity contribution is 9.10. The van der Waals surface area contributed by atoms with Crippen LogP contribution < -0.4 is 15.5 Å². The lowest BCUT2D eigenvalue weighted by Gasteiger charge is -2.16. The van der Waals surface area contributed by atoms with Gasteiger partial charge in [-0.2, -0.15) is 5.10 Å². The number of aromatic amines is 1. The molecule has 0 aliphatic carbocycles. The molecule has 0 unspecified atom stereocenters. The molecule has 11 heteroatoms. The Bertz CT molecular complexity index is 1210. The van der Waals surface area contributed by atoms with Crippen molar-refractivity contribution >= 4 is 51.0 Å². The molecule has 2 aromatic carbocycles. The maximum absolute atomic E-state index is 12.8. The summed E-state index contributed by atoms with van der Waals surface area (Å²) in [6, 6.07) is 11.6. The first-order valence-corrected chi connectivity index (χ1v) is 11.1. The molecule has 1 atom stereocenters. The fourth-order valence-corrected chi connectivity index (χ4v) is 3.66.